The Balaban J connectivity index is 0.00000264. The molecule has 0 spiro atoms. The fraction of sp³-hybridized carbons (Fsp3) is 0.529. The monoisotopic (exact) mass is 430 g/mol. The number of amides is 1. The van der Waals surface area contributed by atoms with Crippen molar-refractivity contribution in [2.45, 2.75) is 33.1 Å². The number of nitrogens with one attached hydrogen (secondary N) is 2. The standard InChI is InChI=1S/C17H26N4O.HI/c1-3-5-11-19-17(18-4-2)20-13-16(22)21-12-10-14-8-6-7-9-15(14)21;/h6-9H,3-5,10-13H2,1-2H3,(H2,18,19,20);1H. The first-order valence-corrected chi connectivity index (χ1v) is 8.16. The van der Waals surface area contributed by atoms with E-state index in [1.54, 1.807) is 0 Å². The molecule has 0 radical (unpaired) electrons. The maximum Gasteiger partial charge on any atom is 0.248 e. The van der Waals surface area contributed by atoms with Crippen LogP contribution in [-0.4, -0.2) is 38.0 Å². The van der Waals surface area contributed by atoms with Crippen LogP contribution in [0, 0.1) is 0 Å². The third-order valence-electron chi connectivity index (χ3n) is 3.73. The lowest BCUT2D eigenvalue weighted by molar-refractivity contribution is -0.117. The molecule has 2 N–H and O–H groups in total. The molecule has 23 heavy (non-hydrogen) atoms. The molecule has 1 aromatic rings. The Morgan fingerprint density at radius 2 is 2.04 bits per heavy atom. The Kier molecular flexibility index (Phi) is 8.98. The Bertz CT molecular complexity index is 533. The van der Waals surface area contributed by atoms with Gasteiger partial charge in [-0.15, -0.1) is 24.0 Å². The molecular formula is C17H27IN4O. The van der Waals surface area contributed by atoms with Crippen LogP contribution in [0.2, 0.25) is 0 Å². The minimum Gasteiger partial charge on any atom is -0.357 e. The van der Waals surface area contributed by atoms with Crippen LogP contribution in [0.15, 0.2) is 29.3 Å². The van der Waals surface area contributed by atoms with E-state index in [9.17, 15) is 4.79 Å². The van der Waals surface area contributed by atoms with Crippen LogP contribution in [-0.2, 0) is 11.2 Å². The van der Waals surface area contributed by atoms with E-state index in [1.165, 1.54) is 5.56 Å². The molecule has 6 heteroatoms. The molecule has 0 unspecified atom stereocenters. The van der Waals surface area contributed by atoms with Crippen LogP contribution >= 0.6 is 24.0 Å². The highest BCUT2D eigenvalue weighted by Gasteiger charge is 2.23. The number of benzene rings is 1. The minimum atomic E-state index is 0. The molecule has 0 aromatic heterocycles. The third kappa shape index (κ3) is 5.67. The van der Waals surface area contributed by atoms with E-state index in [0.717, 1.165) is 50.5 Å². The first kappa shape index (κ1) is 19.7. The molecule has 0 saturated carbocycles. The number of rotatable bonds is 6. The second-order valence-corrected chi connectivity index (χ2v) is 5.40. The lowest BCUT2D eigenvalue weighted by Gasteiger charge is -2.17. The molecular weight excluding hydrogens is 403 g/mol. The van der Waals surface area contributed by atoms with Crippen molar-refractivity contribution in [3.8, 4) is 0 Å². The number of nitrogens with zero attached hydrogens (tertiary/aromatic N) is 2. The van der Waals surface area contributed by atoms with Gasteiger partial charge in [-0.05, 0) is 31.4 Å². The normalized spacial score (nSPS) is 13.3. The van der Waals surface area contributed by atoms with Gasteiger partial charge in [0, 0.05) is 25.3 Å². The number of unbranched alkanes of at least 4 members (excludes halogenated alkanes) is 1. The number of aliphatic imine (C=N–C) groups is 1. The van der Waals surface area contributed by atoms with Gasteiger partial charge in [0.05, 0.1) is 0 Å². The van der Waals surface area contributed by atoms with Crippen molar-refractivity contribution in [2.75, 3.05) is 31.1 Å². The van der Waals surface area contributed by atoms with E-state index in [-0.39, 0.29) is 36.4 Å². The van der Waals surface area contributed by atoms with Crippen LogP contribution in [0.1, 0.15) is 32.3 Å². The molecule has 0 aliphatic carbocycles. The first-order valence-electron chi connectivity index (χ1n) is 8.16. The molecule has 0 fully saturated rings. The number of halogens is 1. The third-order valence-corrected chi connectivity index (χ3v) is 3.73. The molecule has 2 rings (SSSR count). The van der Waals surface area contributed by atoms with E-state index >= 15 is 0 Å². The molecule has 1 amide bonds. The average Bonchev–Trinajstić information content (AvgIpc) is 2.96. The van der Waals surface area contributed by atoms with E-state index in [4.69, 9.17) is 0 Å². The largest absolute Gasteiger partial charge is 0.357 e. The van der Waals surface area contributed by atoms with Gasteiger partial charge in [-0.1, -0.05) is 31.5 Å². The Labute approximate surface area is 156 Å². The summed E-state index contributed by atoms with van der Waals surface area (Å²) >= 11 is 0. The van der Waals surface area contributed by atoms with Gasteiger partial charge in [-0.25, -0.2) is 4.99 Å². The first-order chi connectivity index (χ1) is 10.8. The van der Waals surface area contributed by atoms with Gasteiger partial charge in [0.2, 0.25) is 5.91 Å². The maximum atomic E-state index is 12.4. The van der Waals surface area contributed by atoms with Gasteiger partial charge in [0.15, 0.2) is 5.96 Å². The highest BCUT2D eigenvalue weighted by atomic mass is 127. The van der Waals surface area contributed by atoms with E-state index in [1.807, 2.05) is 30.0 Å². The van der Waals surface area contributed by atoms with Crippen LogP contribution in [0.4, 0.5) is 5.69 Å². The minimum absolute atomic E-state index is 0. The summed E-state index contributed by atoms with van der Waals surface area (Å²) in [6, 6.07) is 8.09. The second kappa shape index (κ2) is 10.5. The Morgan fingerprint density at radius 3 is 2.78 bits per heavy atom. The van der Waals surface area contributed by atoms with Crippen LogP contribution < -0.4 is 15.5 Å². The predicted molar refractivity (Wildman–Crippen MR) is 107 cm³/mol. The highest BCUT2D eigenvalue weighted by Crippen LogP contribution is 2.27. The summed E-state index contributed by atoms with van der Waals surface area (Å²) < 4.78 is 0. The van der Waals surface area contributed by atoms with Crippen molar-refractivity contribution in [1.82, 2.24) is 10.6 Å². The van der Waals surface area contributed by atoms with E-state index < -0.39 is 0 Å². The average molecular weight is 430 g/mol. The van der Waals surface area contributed by atoms with Crippen molar-refractivity contribution < 1.29 is 4.79 Å². The fourth-order valence-corrected chi connectivity index (χ4v) is 2.55. The number of para-hydroxylation sites is 1. The number of anilines is 1. The number of guanidine groups is 1. The number of hydrogen-bond donors (Lipinski definition) is 2. The molecule has 1 aromatic carbocycles. The molecule has 0 saturated heterocycles. The smallest absolute Gasteiger partial charge is 0.248 e. The summed E-state index contributed by atoms with van der Waals surface area (Å²) in [5, 5.41) is 6.43. The Hall–Kier alpha value is -1.31. The van der Waals surface area contributed by atoms with Crippen LogP contribution in [0.3, 0.4) is 0 Å². The van der Waals surface area contributed by atoms with Crippen LogP contribution in [0.25, 0.3) is 0 Å². The number of hydrogen-bond acceptors (Lipinski definition) is 2. The van der Waals surface area contributed by atoms with Gasteiger partial charge in [-0.2, -0.15) is 0 Å². The zero-order chi connectivity index (χ0) is 15.8. The lowest BCUT2D eigenvalue weighted by Crippen LogP contribution is -2.39. The molecule has 1 aliphatic rings. The Morgan fingerprint density at radius 1 is 1.26 bits per heavy atom. The van der Waals surface area contributed by atoms with Crippen molar-refractivity contribution in [3.63, 3.8) is 0 Å². The molecule has 0 bridgehead atoms. The zero-order valence-corrected chi connectivity index (χ0v) is 16.3. The topological polar surface area (TPSA) is 56.7 Å². The molecule has 5 nitrogen and oxygen atoms in total. The van der Waals surface area contributed by atoms with E-state index in [2.05, 4.69) is 28.6 Å². The highest BCUT2D eigenvalue weighted by molar-refractivity contribution is 14.0. The molecule has 1 heterocycles. The summed E-state index contributed by atoms with van der Waals surface area (Å²) in [5.41, 5.74) is 2.28. The van der Waals surface area contributed by atoms with Crippen molar-refractivity contribution >= 4 is 41.5 Å². The maximum absolute atomic E-state index is 12.4. The summed E-state index contributed by atoms with van der Waals surface area (Å²) in [7, 11) is 0. The number of fused-ring (bicyclic) bond motifs is 1. The fourth-order valence-electron chi connectivity index (χ4n) is 2.55. The quantitative estimate of drug-likeness (QED) is 0.316. The predicted octanol–water partition coefficient (Wildman–Crippen LogP) is 2.55. The molecule has 1 aliphatic heterocycles. The summed E-state index contributed by atoms with van der Waals surface area (Å²) in [6.07, 6.45) is 3.16. The SMILES string of the molecule is CCCCNC(=NCC(=O)N1CCc2ccccc21)NCC.I. The van der Waals surface area contributed by atoms with Crippen molar-refractivity contribution in [2.24, 2.45) is 4.99 Å². The molecule has 0 atom stereocenters. The number of carbonyl (C=O) groups is 1. The summed E-state index contributed by atoms with van der Waals surface area (Å²) in [5.74, 6) is 0.773. The summed E-state index contributed by atoms with van der Waals surface area (Å²) in [4.78, 5) is 18.7. The molecule has 128 valence electrons. The van der Waals surface area contributed by atoms with E-state index in [0.29, 0.717) is 0 Å². The van der Waals surface area contributed by atoms with Gasteiger partial charge < -0.3 is 15.5 Å². The van der Waals surface area contributed by atoms with Gasteiger partial charge in [0.25, 0.3) is 0 Å². The van der Waals surface area contributed by atoms with Gasteiger partial charge >= 0.3 is 0 Å². The van der Waals surface area contributed by atoms with Crippen molar-refractivity contribution in [1.29, 1.82) is 0 Å². The van der Waals surface area contributed by atoms with Crippen LogP contribution in [0.5, 0.6) is 0 Å². The van der Waals surface area contributed by atoms with Crippen molar-refractivity contribution in [3.05, 3.63) is 29.8 Å². The zero-order valence-electron chi connectivity index (χ0n) is 14.0. The van der Waals surface area contributed by atoms with Gasteiger partial charge in [-0.3, -0.25) is 4.79 Å². The van der Waals surface area contributed by atoms with Gasteiger partial charge in [0.1, 0.15) is 6.54 Å². The number of carbonyl (C=O) groups excluding carboxylic acids is 1. The second-order valence-electron chi connectivity index (χ2n) is 5.40. The summed E-state index contributed by atoms with van der Waals surface area (Å²) in [6.45, 7) is 6.78. The lowest BCUT2D eigenvalue weighted by atomic mass is 10.2.